The van der Waals surface area contributed by atoms with Crippen molar-refractivity contribution in [3.63, 3.8) is 0 Å². The van der Waals surface area contributed by atoms with Crippen LogP contribution in [0.15, 0.2) is 27.7 Å². The number of likely N-dealkylation sites (tertiary alicyclic amines) is 1. The monoisotopic (exact) mass is 531 g/mol. The van der Waals surface area contributed by atoms with Gasteiger partial charge in [0.2, 0.25) is 0 Å². The van der Waals surface area contributed by atoms with Crippen LogP contribution in [0.5, 0.6) is 0 Å². The van der Waals surface area contributed by atoms with Gasteiger partial charge in [-0.3, -0.25) is 9.89 Å². The van der Waals surface area contributed by atoms with Crippen molar-refractivity contribution in [2.24, 2.45) is 4.99 Å². The lowest BCUT2D eigenvalue weighted by atomic mass is 10.2. The first kappa shape index (κ1) is 24.1. The van der Waals surface area contributed by atoms with Gasteiger partial charge in [0.1, 0.15) is 11.5 Å². The highest BCUT2D eigenvalue weighted by molar-refractivity contribution is 14.0. The molecule has 29 heavy (non-hydrogen) atoms. The molecule has 1 fully saturated rings. The second kappa shape index (κ2) is 12.5. The number of aromatic nitrogens is 1. The number of rotatable bonds is 9. The maximum Gasteiger partial charge on any atom is 0.191 e. The van der Waals surface area contributed by atoms with Crippen molar-refractivity contribution in [2.45, 2.75) is 52.5 Å². The minimum Gasteiger partial charge on any atom is -0.465 e. The predicted octanol–water partition coefficient (Wildman–Crippen LogP) is 4.16. The average molecular weight is 532 g/mol. The molecule has 1 unspecified atom stereocenters. The molecule has 3 heterocycles. The van der Waals surface area contributed by atoms with E-state index in [1.165, 1.54) is 22.7 Å². The second-order valence-corrected chi connectivity index (χ2v) is 8.38. The van der Waals surface area contributed by atoms with Crippen molar-refractivity contribution >= 4 is 41.3 Å². The Morgan fingerprint density at radius 3 is 2.69 bits per heavy atom. The minimum atomic E-state index is 0. The fourth-order valence-corrected chi connectivity index (χ4v) is 4.37. The molecule has 1 aliphatic rings. The van der Waals surface area contributed by atoms with Crippen LogP contribution < -0.4 is 10.6 Å². The van der Waals surface area contributed by atoms with E-state index < -0.39 is 0 Å². The van der Waals surface area contributed by atoms with Gasteiger partial charge < -0.3 is 15.1 Å². The molecule has 6 nitrogen and oxygen atoms in total. The highest BCUT2D eigenvalue weighted by Crippen LogP contribution is 2.27. The van der Waals surface area contributed by atoms with Crippen molar-refractivity contribution in [2.75, 3.05) is 32.7 Å². The summed E-state index contributed by atoms with van der Waals surface area (Å²) < 4.78 is 5.94. The molecule has 0 spiro atoms. The summed E-state index contributed by atoms with van der Waals surface area (Å²) in [6.07, 6.45) is 6.48. The van der Waals surface area contributed by atoms with Crippen LogP contribution in [0, 0.1) is 6.92 Å². The lowest BCUT2D eigenvalue weighted by Crippen LogP contribution is -2.39. The zero-order chi connectivity index (χ0) is 19.8. The lowest BCUT2D eigenvalue weighted by molar-refractivity contribution is 0.219. The molecule has 1 atom stereocenters. The third-order valence-electron chi connectivity index (χ3n) is 5.02. The highest BCUT2D eigenvalue weighted by Gasteiger charge is 2.25. The van der Waals surface area contributed by atoms with Crippen molar-refractivity contribution < 1.29 is 4.42 Å². The molecular weight excluding hydrogens is 497 g/mol. The fourth-order valence-electron chi connectivity index (χ4n) is 3.51. The molecule has 0 bridgehead atoms. The molecule has 1 aliphatic heterocycles. The number of nitrogens with zero attached hydrogens (tertiary/aromatic N) is 3. The van der Waals surface area contributed by atoms with Crippen molar-refractivity contribution in [1.29, 1.82) is 0 Å². The quantitative estimate of drug-likeness (QED) is 0.289. The molecular formula is C21H34IN5OS. The van der Waals surface area contributed by atoms with Gasteiger partial charge in [-0.05, 0) is 58.3 Å². The molecule has 0 amide bonds. The van der Waals surface area contributed by atoms with Crippen LogP contribution in [-0.2, 0) is 12.8 Å². The summed E-state index contributed by atoms with van der Waals surface area (Å²) in [5.74, 6) is 2.85. The maximum atomic E-state index is 5.94. The van der Waals surface area contributed by atoms with Crippen LogP contribution in [0.3, 0.4) is 0 Å². The van der Waals surface area contributed by atoms with E-state index in [0.29, 0.717) is 6.54 Å². The SMILES string of the molecule is CCNC(=NCC(c1ccc(C)o1)N1CCCC1)NCCc1ncc(CC)s1.I. The van der Waals surface area contributed by atoms with Crippen LogP contribution in [0.25, 0.3) is 0 Å². The number of thiazole rings is 1. The number of guanidine groups is 1. The summed E-state index contributed by atoms with van der Waals surface area (Å²) in [5.41, 5.74) is 0. The van der Waals surface area contributed by atoms with E-state index >= 15 is 0 Å². The molecule has 0 aliphatic carbocycles. The van der Waals surface area contributed by atoms with E-state index in [0.717, 1.165) is 56.5 Å². The molecule has 3 rings (SSSR count). The zero-order valence-corrected chi connectivity index (χ0v) is 20.9. The van der Waals surface area contributed by atoms with Gasteiger partial charge in [0.05, 0.1) is 17.6 Å². The Balaban J connectivity index is 0.00000300. The van der Waals surface area contributed by atoms with E-state index in [1.54, 1.807) is 11.3 Å². The van der Waals surface area contributed by atoms with Crippen molar-refractivity contribution in [3.05, 3.63) is 39.7 Å². The lowest BCUT2D eigenvalue weighted by Gasteiger charge is -2.24. The number of furan rings is 1. The molecule has 8 heteroatoms. The normalized spacial score (nSPS) is 15.9. The van der Waals surface area contributed by atoms with Gasteiger partial charge in [-0.1, -0.05) is 6.92 Å². The number of hydrogen-bond acceptors (Lipinski definition) is 5. The summed E-state index contributed by atoms with van der Waals surface area (Å²) in [5, 5.41) is 8.00. The Morgan fingerprint density at radius 2 is 2.07 bits per heavy atom. The Hall–Kier alpha value is -1.13. The Bertz CT molecular complexity index is 754. The molecule has 0 saturated carbocycles. The van der Waals surface area contributed by atoms with Crippen LogP contribution in [-0.4, -0.2) is 48.6 Å². The van der Waals surface area contributed by atoms with Crippen LogP contribution in [0.4, 0.5) is 0 Å². The number of hydrogen-bond donors (Lipinski definition) is 2. The van der Waals surface area contributed by atoms with Gasteiger partial charge in [-0.25, -0.2) is 4.98 Å². The van der Waals surface area contributed by atoms with Crippen LogP contribution in [0.1, 0.15) is 54.1 Å². The number of aliphatic imine (C=N–C) groups is 1. The summed E-state index contributed by atoms with van der Waals surface area (Å²) in [6, 6.07) is 4.35. The van der Waals surface area contributed by atoms with E-state index in [9.17, 15) is 0 Å². The average Bonchev–Trinajstić information content (AvgIpc) is 3.44. The van der Waals surface area contributed by atoms with Gasteiger partial charge >= 0.3 is 0 Å². The van der Waals surface area contributed by atoms with Crippen molar-refractivity contribution in [1.82, 2.24) is 20.5 Å². The van der Waals surface area contributed by atoms with Gasteiger partial charge in [0, 0.05) is 30.6 Å². The van der Waals surface area contributed by atoms with E-state index in [1.807, 2.05) is 19.2 Å². The standard InChI is InChI=1S/C21H33N5OS.HI/c1-4-17-14-24-20(28-17)10-11-23-21(22-5-2)25-15-18(26-12-6-7-13-26)19-9-8-16(3)27-19;/h8-9,14,18H,4-7,10-13,15H2,1-3H3,(H2,22,23,25);1H. The first-order chi connectivity index (χ1) is 13.7. The molecule has 0 aromatic carbocycles. The van der Waals surface area contributed by atoms with Crippen molar-refractivity contribution in [3.8, 4) is 0 Å². The number of halogens is 1. The summed E-state index contributed by atoms with van der Waals surface area (Å²) in [4.78, 5) is 13.2. The predicted molar refractivity (Wildman–Crippen MR) is 132 cm³/mol. The Labute approximate surface area is 195 Å². The smallest absolute Gasteiger partial charge is 0.191 e. The minimum absolute atomic E-state index is 0. The number of aryl methyl sites for hydroxylation is 2. The van der Waals surface area contributed by atoms with E-state index in [2.05, 4.69) is 40.4 Å². The first-order valence-corrected chi connectivity index (χ1v) is 11.3. The summed E-state index contributed by atoms with van der Waals surface area (Å²) in [6.45, 7) is 10.9. The fraction of sp³-hybridized carbons (Fsp3) is 0.619. The number of nitrogens with one attached hydrogen (secondary N) is 2. The zero-order valence-electron chi connectivity index (χ0n) is 17.7. The Kier molecular flexibility index (Phi) is 10.4. The second-order valence-electron chi connectivity index (χ2n) is 7.18. The molecule has 2 aromatic rings. The third-order valence-corrected chi connectivity index (χ3v) is 6.22. The van der Waals surface area contributed by atoms with Crippen LogP contribution >= 0.6 is 35.3 Å². The third kappa shape index (κ3) is 7.25. The molecule has 162 valence electrons. The molecule has 2 N–H and O–H groups in total. The topological polar surface area (TPSA) is 65.7 Å². The largest absolute Gasteiger partial charge is 0.465 e. The van der Waals surface area contributed by atoms with Gasteiger partial charge in [-0.15, -0.1) is 35.3 Å². The summed E-state index contributed by atoms with van der Waals surface area (Å²) >= 11 is 1.80. The van der Waals surface area contributed by atoms with Gasteiger partial charge in [0.15, 0.2) is 5.96 Å². The van der Waals surface area contributed by atoms with Gasteiger partial charge in [-0.2, -0.15) is 0 Å². The highest BCUT2D eigenvalue weighted by atomic mass is 127. The van der Waals surface area contributed by atoms with Crippen LogP contribution in [0.2, 0.25) is 0 Å². The Morgan fingerprint density at radius 1 is 1.28 bits per heavy atom. The molecule has 2 aromatic heterocycles. The molecule has 1 saturated heterocycles. The first-order valence-electron chi connectivity index (χ1n) is 10.5. The molecule has 0 radical (unpaired) electrons. The van der Waals surface area contributed by atoms with E-state index in [-0.39, 0.29) is 30.0 Å². The maximum absolute atomic E-state index is 5.94. The summed E-state index contributed by atoms with van der Waals surface area (Å²) in [7, 11) is 0. The van der Waals surface area contributed by atoms with Gasteiger partial charge in [0.25, 0.3) is 0 Å². The van der Waals surface area contributed by atoms with E-state index in [4.69, 9.17) is 9.41 Å².